The molecule has 0 aromatic heterocycles. The van der Waals surface area contributed by atoms with Gasteiger partial charge in [-0.25, -0.2) is 0 Å². The molecule has 0 spiro atoms. The summed E-state index contributed by atoms with van der Waals surface area (Å²) in [6, 6.07) is 4.61. The molecule has 1 amide bonds. The maximum Gasteiger partial charge on any atom is 0.253 e. The number of anilines is 1. The number of halogens is 1. The Labute approximate surface area is 116 Å². The van der Waals surface area contributed by atoms with Crippen LogP contribution in [0.1, 0.15) is 17.3 Å². The first-order chi connectivity index (χ1) is 8.49. The van der Waals surface area contributed by atoms with Crippen molar-refractivity contribution in [1.29, 1.82) is 0 Å². The Bertz CT molecular complexity index is 425. The topological polar surface area (TPSA) is 75.3 Å². The van der Waals surface area contributed by atoms with E-state index in [0.717, 1.165) is 0 Å². The second-order valence-electron chi connectivity index (χ2n) is 3.96. The number of benzene rings is 1. The summed E-state index contributed by atoms with van der Waals surface area (Å²) >= 11 is 7.46. The standard InChI is InChI=1S/C12H17ClN2O2S/c1-7(11(6-16)18-2)15-12(17)9-4-3-8(14)5-10(9)13/h3-5,7,11,16H,6,14H2,1-2H3,(H,15,17). The van der Waals surface area contributed by atoms with E-state index >= 15 is 0 Å². The van der Waals surface area contributed by atoms with Gasteiger partial charge >= 0.3 is 0 Å². The summed E-state index contributed by atoms with van der Waals surface area (Å²) < 4.78 is 0. The Morgan fingerprint density at radius 2 is 2.28 bits per heavy atom. The number of hydrogen-bond donors (Lipinski definition) is 3. The zero-order chi connectivity index (χ0) is 13.7. The van der Waals surface area contributed by atoms with Crippen molar-refractivity contribution in [2.45, 2.75) is 18.2 Å². The Kier molecular flexibility index (Phi) is 5.78. The van der Waals surface area contributed by atoms with Crippen LogP contribution in [0.5, 0.6) is 0 Å². The Morgan fingerprint density at radius 1 is 1.61 bits per heavy atom. The maximum absolute atomic E-state index is 12.0. The van der Waals surface area contributed by atoms with E-state index in [1.807, 2.05) is 13.2 Å². The highest BCUT2D eigenvalue weighted by Gasteiger charge is 2.19. The van der Waals surface area contributed by atoms with Crippen LogP contribution in [0.3, 0.4) is 0 Å². The van der Waals surface area contributed by atoms with E-state index in [9.17, 15) is 4.79 Å². The highest BCUT2D eigenvalue weighted by Crippen LogP contribution is 2.19. The molecular formula is C12H17ClN2O2S. The first-order valence-electron chi connectivity index (χ1n) is 5.49. The number of aliphatic hydroxyl groups excluding tert-OH is 1. The number of nitrogens with one attached hydrogen (secondary N) is 1. The molecule has 0 aliphatic carbocycles. The fourth-order valence-corrected chi connectivity index (χ4v) is 2.43. The van der Waals surface area contributed by atoms with E-state index in [2.05, 4.69) is 5.32 Å². The summed E-state index contributed by atoms with van der Waals surface area (Å²) in [6.45, 7) is 1.86. The van der Waals surface area contributed by atoms with Crippen molar-refractivity contribution in [1.82, 2.24) is 5.32 Å². The first kappa shape index (κ1) is 15.1. The molecule has 1 rings (SSSR count). The SMILES string of the molecule is CSC(CO)C(C)NC(=O)c1ccc(N)cc1Cl. The molecule has 6 heteroatoms. The average molecular weight is 289 g/mol. The van der Waals surface area contributed by atoms with Crippen LogP contribution in [0.4, 0.5) is 5.69 Å². The third-order valence-electron chi connectivity index (χ3n) is 2.64. The van der Waals surface area contributed by atoms with Gasteiger partial charge in [-0.2, -0.15) is 11.8 Å². The number of thioether (sulfide) groups is 1. The zero-order valence-corrected chi connectivity index (χ0v) is 11.9. The molecule has 0 bridgehead atoms. The van der Waals surface area contributed by atoms with Crippen molar-refractivity contribution in [2.75, 3.05) is 18.6 Å². The van der Waals surface area contributed by atoms with Gasteiger partial charge in [0.1, 0.15) is 0 Å². The van der Waals surface area contributed by atoms with Gasteiger partial charge in [-0.15, -0.1) is 0 Å². The van der Waals surface area contributed by atoms with E-state index in [1.54, 1.807) is 18.2 Å². The largest absolute Gasteiger partial charge is 0.399 e. The third-order valence-corrected chi connectivity index (χ3v) is 4.11. The van der Waals surface area contributed by atoms with E-state index in [-0.39, 0.29) is 23.8 Å². The molecule has 0 saturated heterocycles. The van der Waals surface area contributed by atoms with Crippen LogP contribution in [0, 0.1) is 0 Å². The lowest BCUT2D eigenvalue weighted by Crippen LogP contribution is -2.41. The van der Waals surface area contributed by atoms with Crippen LogP contribution >= 0.6 is 23.4 Å². The molecule has 18 heavy (non-hydrogen) atoms. The second-order valence-corrected chi connectivity index (χ2v) is 5.44. The highest BCUT2D eigenvalue weighted by molar-refractivity contribution is 7.99. The van der Waals surface area contributed by atoms with Crippen LogP contribution in [0.25, 0.3) is 0 Å². The molecule has 100 valence electrons. The number of hydrogen-bond acceptors (Lipinski definition) is 4. The fourth-order valence-electron chi connectivity index (χ4n) is 1.53. The van der Waals surface area contributed by atoms with Gasteiger partial charge in [-0.05, 0) is 31.4 Å². The van der Waals surface area contributed by atoms with E-state index in [4.69, 9.17) is 22.4 Å². The lowest BCUT2D eigenvalue weighted by Gasteiger charge is -2.21. The molecule has 0 heterocycles. The summed E-state index contributed by atoms with van der Waals surface area (Å²) in [4.78, 5) is 12.0. The van der Waals surface area contributed by atoms with Gasteiger partial charge in [0.2, 0.25) is 0 Å². The molecule has 0 aliphatic rings. The molecule has 4 nitrogen and oxygen atoms in total. The predicted octanol–water partition coefficient (Wildman–Crippen LogP) is 1.76. The van der Waals surface area contributed by atoms with Gasteiger partial charge in [-0.1, -0.05) is 11.6 Å². The number of amides is 1. The Hall–Kier alpha value is -0.910. The summed E-state index contributed by atoms with van der Waals surface area (Å²) in [5, 5.41) is 12.3. The number of rotatable bonds is 5. The summed E-state index contributed by atoms with van der Waals surface area (Å²) in [6.07, 6.45) is 1.89. The molecule has 0 radical (unpaired) electrons. The maximum atomic E-state index is 12.0. The molecule has 0 saturated carbocycles. The van der Waals surface area contributed by atoms with Crippen molar-refractivity contribution in [3.63, 3.8) is 0 Å². The Balaban J connectivity index is 2.76. The van der Waals surface area contributed by atoms with Crippen LogP contribution in [-0.4, -0.2) is 35.2 Å². The molecule has 4 N–H and O–H groups in total. The number of carbonyl (C=O) groups is 1. The highest BCUT2D eigenvalue weighted by atomic mass is 35.5. The lowest BCUT2D eigenvalue weighted by atomic mass is 10.1. The first-order valence-corrected chi connectivity index (χ1v) is 7.15. The van der Waals surface area contributed by atoms with Gasteiger partial charge in [0.15, 0.2) is 0 Å². The van der Waals surface area contributed by atoms with Crippen molar-refractivity contribution >= 4 is 35.0 Å². The van der Waals surface area contributed by atoms with E-state index < -0.39 is 0 Å². The smallest absolute Gasteiger partial charge is 0.253 e. The fraction of sp³-hybridized carbons (Fsp3) is 0.417. The van der Waals surface area contributed by atoms with E-state index in [1.165, 1.54) is 11.8 Å². The van der Waals surface area contributed by atoms with Crippen molar-refractivity contribution in [2.24, 2.45) is 0 Å². The zero-order valence-electron chi connectivity index (χ0n) is 10.3. The summed E-state index contributed by atoms with van der Waals surface area (Å²) in [5.74, 6) is -0.264. The number of aliphatic hydroxyl groups is 1. The molecule has 1 aromatic rings. The molecule has 1 aromatic carbocycles. The van der Waals surface area contributed by atoms with Gasteiger partial charge < -0.3 is 16.2 Å². The van der Waals surface area contributed by atoms with Gasteiger partial charge in [0.05, 0.1) is 17.2 Å². The minimum absolute atomic E-state index is 0.0120. The Morgan fingerprint density at radius 3 is 2.78 bits per heavy atom. The number of carbonyl (C=O) groups excluding carboxylic acids is 1. The van der Waals surface area contributed by atoms with Crippen LogP contribution in [0.15, 0.2) is 18.2 Å². The quantitative estimate of drug-likeness (QED) is 0.722. The van der Waals surface area contributed by atoms with Crippen LogP contribution in [-0.2, 0) is 0 Å². The lowest BCUT2D eigenvalue weighted by molar-refractivity contribution is 0.0936. The molecule has 2 unspecified atom stereocenters. The number of nitrogens with two attached hydrogens (primary N) is 1. The molecule has 0 fully saturated rings. The van der Waals surface area contributed by atoms with Crippen LogP contribution < -0.4 is 11.1 Å². The molecule has 0 aliphatic heterocycles. The summed E-state index contributed by atoms with van der Waals surface area (Å²) in [7, 11) is 0. The van der Waals surface area contributed by atoms with Crippen molar-refractivity contribution in [3.8, 4) is 0 Å². The normalized spacial score (nSPS) is 14.0. The minimum Gasteiger partial charge on any atom is -0.399 e. The number of nitrogen functional groups attached to an aromatic ring is 1. The summed E-state index contributed by atoms with van der Waals surface area (Å²) in [5.41, 5.74) is 6.47. The van der Waals surface area contributed by atoms with Crippen molar-refractivity contribution in [3.05, 3.63) is 28.8 Å². The predicted molar refractivity (Wildman–Crippen MR) is 77.2 cm³/mol. The van der Waals surface area contributed by atoms with Gasteiger partial charge in [-0.3, -0.25) is 4.79 Å². The van der Waals surface area contributed by atoms with Gasteiger partial charge in [0.25, 0.3) is 5.91 Å². The average Bonchev–Trinajstić information content (AvgIpc) is 2.30. The molecule has 2 atom stereocenters. The van der Waals surface area contributed by atoms with Crippen molar-refractivity contribution < 1.29 is 9.90 Å². The third kappa shape index (κ3) is 3.80. The van der Waals surface area contributed by atoms with Gasteiger partial charge in [0, 0.05) is 17.0 Å². The second kappa shape index (κ2) is 6.87. The minimum atomic E-state index is -0.264. The van der Waals surface area contributed by atoms with E-state index in [0.29, 0.717) is 16.3 Å². The monoisotopic (exact) mass is 288 g/mol. The molecular weight excluding hydrogens is 272 g/mol. The van der Waals surface area contributed by atoms with Crippen LogP contribution in [0.2, 0.25) is 5.02 Å².